The van der Waals surface area contributed by atoms with Gasteiger partial charge in [0.2, 0.25) is 5.88 Å². The van der Waals surface area contributed by atoms with Crippen molar-refractivity contribution in [2.75, 3.05) is 41.8 Å². The van der Waals surface area contributed by atoms with Gasteiger partial charge in [-0.05, 0) is 92.3 Å². The molecule has 1 fully saturated rings. The first-order valence-corrected chi connectivity index (χ1v) is 17.7. The fourth-order valence-electron chi connectivity index (χ4n) is 6.01. The van der Waals surface area contributed by atoms with Gasteiger partial charge in [0, 0.05) is 41.4 Å². The van der Waals surface area contributed by atoms with Crippen molar-refractivity contribution in [1.29, 1.82) is 0 Å². The van der Waals surface area contributed by atoms with Crippen LogP contribution in [0.15, 0.2) is 24.5 Å². The highest BCUT2D eigenvalue weighted by Gasteiger charge is 2.37. The van der Waals surface area contributed by atoms with Crippen LogP contribution in [0.5, 0.6) is 5.88 Å². The maximum absolute atomic E-state index is 16.7. The number of amides is 4. The van der Waals surface area contributed by atoms with E-state index in [0.29, 0.717) is 28.7 Å². The summed E-state index contributed by atoms with van der Waals surface area (Å²) >= 11 is 0. The number of rotatable bonds is 4. The lowest BCUT2D eigenvalue weighted by molar-refractivity contribution is 0.0262. The molecule has 15 nitrogen and oxygen atoms in total. The number of ether oxygens (including phenoxy) is 5. The number of nitrogens with one attached hydrogen (secondary N) is 2. The molecular formula is C38H49FN6O9. The van der Waals surface area contributed by atoms with Gasteiger partial charge in [-0.15, -0.1) is 0 Å². The molecule has 1 aromatic carbocycles. The summed E-state index contributed by atoms with van der Waals surface area (Å²) < 4.78 is 44.7. The van der Waals surface area contributed by atoms with Gasteiger partial charge >= 0.3 is 24.4 Å². The van der Waals surface area contributed by atoms with Gasteiger partial charge in [0.1, 0.15) is 41.0 Å². The van der Waals surface area contributed by atoms with Crippen LogP contribution in [-0.4, -0.2) is 88.4 Å². The Balaban J connectivity index is 1.50. The number of fused-ring (bicyclic) bond motifs is 2. The van der Waals surface area contributed by atoms with Crippen LogP contribution >= 0.6 is 0 Å². The Morgan fingerprint density at radius 2 is 1.48 bits per heavy atom. The van der Waals surface area contributed by atoms with Gasteiger partial charge in [-0.25, -0.2) is 33.5 Å². The monoisotopic (exact) mass is 752 g/mol. The molecule has 2 aliphatic rings. The second-order valence-electron chi connectivity index (χ2n) is 16.4. The van der Waals surface area contributed by atoms with Crippen molar-refractivity contribution < 1.29 is 47.3 Å². The first kappa shape index (κ1) is 39.8. The number of benzene rings is 1. The molecule has 0 radical (unpaired) electrons. The van der Waals surface area contributed by atoms with Gasteiger partial charge in [-0.2, -0.15) is 0 Å². The highest BCUT2D eigenvalue weighted by molar-refractivity contribution is 6.05. The van der Waals surface area contributed by atoms with Gasteiger partial charge in [-0.3, -0.25) is 15.5 Å². The van der Waals surface area contributed by atoms with E-state index in [-0.39, 0.29) is 53.9 Å². The third-order valence-corrected chi connectivity index (χ3v) is 8.27. The van der Waals surface area contributed by atoms with Crippen LogP contribution in [0, 0.1) is 18.7 Å². The fourth-order valence-corrected chi connectivity index (χ4v) is 6.01. The van der Waals surface area contributed by atoms with Crippen molar-refractivity contribution in [3.8, 4) is 17.0 Å². The number of hydrogen-bond donors (Lipinski definition) is 2. The fraction of sp³-hybridized carbons (Fsp3) is 0.526. The van der Waals surface area contributed by atoms with E-state index in [4.69, 9.17) is 23.7 Å². The van der Waals surface area contributed by atoms with Crippen LogP contribution in [0.4, 0.5) is 40.8 Å². The Bertz CT molecular complexity index is 1970. The van der Waals surface area contributed by atoms with E-state index < -0.39 is 53.1 Å². The van der Waals surface area contributed by atoms with Crippen molar-refractivity contribution in [2.45, 2.75) is 99.1 Å². The molecule has 4 heterocycles. The van der Waals surface area contributed by atoms with E-state index in [2.05, 4.69) is 20.6 Å². The molecule has 2 aliphatic heterocycles. The molecule has 54 heavy (non-hydrogen) atoms. The van der Waals surface area contributed by atoms with Crippen LogP contribution in [-0.2, 0) is 18.9 Å². The van der Waals surface area contributed by atoms with Crippen LogP contribution < -0.4 is 20.3 Å². The van der Waals surface area contributed by atoms with E-state index in [9.17, 15) is 19.2 Å². The molecule has 1 saturated heterocycles. The molecule has 4 amide bonds. The van der Waals surface area contributed by atoms with E-state index >= 15 is 4.39 Å². The Morgan fingerprint density at radius 3 is 2.13 bits per heavy atom. The van der Waals surface area contributed by atoms with Crippen molar-refractivity contribution >= 4 is 52.3 Å². The third-order valence-electron chi connectivity index (χ3n) is 8.27. The zero-order valence-electron chi connectivity index (χ0n) is 32.6. The molecule has 2 atom stereocenters. The summed E-state index contributed by atoms with van der Waals surface area (Å²) in [5.74, 6) is -0.718. The summed E-state index contributed by atoms with van der Waals surface area (Å²) in [5.41, 5.74) is -1.44. The first-order chi connectivity index (χ1) is 25.0. The molecule has 292 valence electrons. The van der Waals surface area contributed by atoms with Crippen molar-refractivity contribution in [2.24, 2.45) is 5.92 Å². The average molecular weight is 753 g/mol. The van der Waals surface area contributed by atoms with E-state index in [0.717, 1.165) is 0 Å². The summed E-state index contributed by atoms with van der Waals surface area (Å²) in [4.78, 5) is 63.6. The lowest BCUT2D eigenvalue weighted by Gasteiger charge is -2.32. The van der Waals surface area contributed by atoms with E-state index in [1.165, 1.54) is 34.3 Å². The third kappa shape index (κ3) is 9.38. The van der Waals surface area contributed by atoms with Crippen molar-refractivity contribution in [1.82, 2.24) is 14.9 Å². The van der Waals surface area contributed by atoms with Crippen LogP contribution in [0.2, 0.25) is 0 Å². The number of anilines is 3. The minimum atomic E-state index is -0.901. The highest BCUT2D eigenvalue weighted by Crippen LogP contribution is 2.42. The molecule has 0 unspecified atom stereocenters. The summed E-state index contributed by atoms with van der Waals surface area (Å²) in [6, 6.07) is 3.03. The number of hydrogen-bond acceptors (Lipinski definition) is 11. The molecule has 0 saturated carbocycles. The smallest absolute Gasteiger partial charge is 0.415 e. The van der Waals surface area contributed by atoms with E-state index in [1.54, 1.807) is 69.2 Å². The molecule has 0 bridgehead atoms. The maximum atomic E-state index is 16.7. The quantitative estimate of drug-likeness (QED) is 0.247. The normalized spacial score (nSPS) is 17.3. The zero-order chi connectivity index (χ0) is 39.9. The lowest BCUT2D eigenvalue weighted by atomic mass is 9.96. The van der Waals surface area contributed by atoms with E-state index in [1.807, 2.05) is 6.92 Å². The highest BCUT2D eigenvalue weighted by atomic mass is 19.1. The number of nitrogens with zero attached hydrogens (tertiary/aromatic N) is 4. The maximum Gasteiger partial charge on any atom is 0.415 e. The number of aromatic nitrogens is 2. The Morgan fingerprint density at radius 1 is 0.833 bits per heavy atom. The van der Waals surface area contributed by atoms with Crippen LogP contribution in [0.25, 0.3) is 21.9 Å². The Hall–Kier alpha value is -5.41. The predicted octanol–water partition coefficient (Wildman–Crippen LogP) is 8.03. The molecule has 16 heteroatoms. The SMILES string of the molecule is Cc1c(-c2cc3cc(NC(=O)O[C@H]4CN(C(=O)OC(C)(C)C)C[C@H]4C)ncc3c(NC(=O)OC(C)(C)C)c2F)cnc2c1N(C(=O)OC(C)(C)C)CCO2. The summed E-state index contributed by atoms with van der Waals surface area (Å²) in [7, 11) is 0. The van der Waals surface area contributed by atoms with Crippen molar-refractivity contribution in [3.05, 3.63) is 35.9 Å². The Labute approximate surface area is 313 Å². The minimum Gasteiger partial charge on any atom is -0.474 e. The summed E-state index contributed by atoms with van der Waals surface area (Å²) in [6.45, 7) is 20.0. The first-order valence-electron chi connectivity index (χ1n) is 17.7. The van der Waals surface area contributed by atoms with Gasteiger partial charge in [0.05, 0.1) is 18.8 Å². The standard InChI is InChI=1S/C38H49FN6O9/c1-20-18-44(34(48)53-37(6,7)8)19-26(20)51-32(46)42-27-15-22-14-23(28(39)29(25(22)17-40-27)43-33(47)52-36(3,4)5)24-16-41-31-30(21(24)2)45(12-13-50-31)35(49)54-38(9,10)11/h14-17,20,26H,12-13,18-19H2,1-11H3,(H,43,47)(H,40,42,46)/t20-,26+/m1/s1. The topological polar surface area (TPSA) is 171 Å². The molecule has 2 aromatic heterocycles. The second-order valence-corrected chi connectivity index (χ2v) is 16.4. The van der Waals surface area contributed by atoms with Gasteiger partial charge in [0.25, 0.3) is 0 Å². The molecule has 2 N–H and O–H groups in total. The van der Waals surface area contributed by atoms with Crippen LogP contribution in [0.1, 0.15) is 74.8 Å². The molecule has 5 rings (SSSR count). The molecule has 0 spiro atoms. The predicted molar refractivity (Wildman–Crippen MR) is 199 cm³/mol. The zero-order valence-corrected chi connectivity index (χ0v) is 32.6. The number of carbonyl (C=O) groups excluding carboxylic acids is 4. The summed E-state index contributed by atoms with van der Waals surface area (Å²) in [5, 5.41) is 5.74. The Kier molecular flexibility index (Phi) is 10.9. The minimum absolute atomic E-state index is 0.0258. The van der Waals surface area contributed by atoms with Crippen LogP contribution in [0.3, 0.4) is 0 Å². The summed E-state index contributed by atoms with van der Waals surface area (Å²) in [6.07, 6.45) is -0.688. The van der Waals surface area contributed by atoms with Gasteiger partial charge in [-0.1, -0.05) is 6.92 Å². The van der Waals surface area contributed by atoms with Gasteiger partial charge < -0.3 is 28.6 Å². The van der Waals surface area contributed by atoms with Crippen molar-refractivity contribution in [3.63, 3.8) is 0 Å². The number of carbonyl (C=O) groups is 4. The second kappa shape index (κ2) is 14.8. The molecular weight excluding hydrogens is 703 g/mol. The molecule has 0 aliphatic carbocycles. The van der Waals surface area contributed by atoms with Gasteiger partial charge in [0.15, 0.2) is 5.82 Å². The average Bonchev–Trinajstić information content (AvgIpc) is 3.39. The number of likely N-dealkylation sites (tertiary alicyclic amines) is 1. The lowest BCUT2D eigenvalue weighted by Crippen LogP contribution is -2.42. The largest absolute Gasteiger partial charge is 0.474 e. The number of halogens is 1. The molecule has 3 aromatic rings. The number of pyridine rings is 2.